The fraction of sp³-hybridized carbons (Fsp3) is 0.545. The van der Waals surface area contributed by atoms with Crippen LogP contribution in [0.2, 0.25) is 0 Å². The molecule has 0 radical (unpaired) electrons. The van der Waals surface area contributed by atoms with E-state index in [-0.39, 0.29) is 5.92 Å². The zero-order chi connectivity index (χ0) is 12.7. The first-order valence-electron chi connectivity index (χ1n) is 4.88. The average molecular weight is 224 g/mol. The summed E-state index contributed by atoms with van der Waals surface area (Å²) in [5.41, 5.74) is 0. The van der Waals surface area contributed by atoms with E-state index in [9.17, 15) is 9.59 Å². The molecule has 1 atom stereocenters. The zero-order valence-corrected chi connectivity index (χ0v) is 9.67. The van der Waals surface area contributed by atoms with Gasteiger partial charge in [-0.15, -0.1) is 6.42 Å². The molecule has 0 aromatic carbocycles. The van der Waals surface area contributed by atoms with Gasteiger partial charge in [0.2, 0.25) is 0 Å². The maximum atomic E-state index is 11.4. The van der Waals surface area contributed by atoms with Gasteiger partial charge in [0.05, 0.1) is 6.21 Å². The Balaban J connectivity index is 4.68. The minimum Gasteiger partial charge on any atom is -0.480 e. The van der Waals surface area contributed by atoms with Crippen LogP contribution < -0.4 is 0 Å². The van der Waals surface area contributed by atoms with Crippen LogP contribution in [0.5, 0.6) is 0 Å². The summed E-state index contributed by atoms with van der Waals surface area (Å²) >= 11 is 0. The summed E-state index contributed by atoms with van der Waals surface area (Å²) in [5.74, 6) is 1.21. The third kappa shape index (κ3) is 4.60. The summed E-state index contributed by atoms with van der Waals surface area (Å²) in [6, 6.07) is -1.52. The first kappa shape index (κ1) is 14.2. The van der Waals surface area contributed by atoms with Crippen molar-refractivity contribution in [1.82, 2.24) is 4.90 Å². The predicted octanol–water partition coefficient (Wildman–Crippen LogP) is 1.24. The summed E-state index contributed by atoms with van der Waals surface area (Å²) < 4.78 is 0. The summed E-state index contributed by atoms with van der Waals surface area (Å²) in [6.07, 6.45) is 6.29. The van der Waals surface area contributed by atoms with Gasteiger partial charge in [-0.1, -0.05) is 19.8 Å². The lowest BCUT2D eigenvalue weighted by atomic mass is 10.0. The number of nitrogens with zero attached hydrogens (tertiary/aromatic N) is 2. The summed E-state index contributed by atoms with van der Waals surface area (Å²) in [6.45, 7) is 3.78. The minimum atomic E-state index is -1.04. The number of likely N-dealkylation sites (N-methyl/N-ethyl adjacent to an activating group) is 1. The van der Waals surface area contributed by atoms with E-state index in [1.54, 1.807) is 0 Å². The van der Waals surface area contributed by atoms with E-state index in [0.717, 1.165) is 11.1 Å². The zero-order valence-electron chi connectivity index (χ0n) is 9.67. The Bertz CT molecular complexity index is 329. The quantitative estimate of drug-likeness (QED) is 0.577. The van der Waals surface area contributed by atoms with Gasteiger partial charge in [-0.25, -0.2) is 9.59 Å². The largest absolute Gasteiger partial charge is 0.480 e. The Labute approximate surface area is 95.2 Å². The van der Waals surface area contributed by atoms with Crippen molar-refractivity contribution in [3.63, 3.8) is 0 Å². The number of aliphatic imine (C=N–C) groups is 1. The van der Waals surface area contributed by atoms with E-state index in [0.29, 0.717) is 6.42 Å². The third-order valence-electron chi connectivity index (χ3n) is 2.00. The van der Waals surface area contributed by atoms with Crippen molar-refractivity contribution in [3.8, 4) is 12.3 Å². The molecule has 0 fully saturated rings. The molecule has 0 aliphatic rings. The van der Waals surface area contributed by atoms with E-state index in [1.165, 1.54) is 7.05 Å². The molecule has 0 aromatic rings. The molecule has 0 saturated carbocycles. The van der Waals surface area contributed by atoms with E-state index >= 15 is 0 Å². The lowest BCUT2D eigenvalue weighted by molar-refractivity contribution is -0.142. The fourth-order valence-electron chi connectivity index (χ4n) is 1.19. The fourth-order valence-corrected chi connectivity index (χ4v) is 1.19. The second-order valence-corrected chi connectivity index (χ2v) is 3.80. The number of aliphatic carboxylic acids is 1. The van der Waals surface area contributed by atoms with Crippen molar-refractivity contribution < 1.29 is 14.7 Å². The average Bonchev–Trinajstić information content (AvgIpc) is 2.20. The molecule has 2 amide bonds. The second kappa shape index (κ2) is 6.62. The van der Waals surface area contributed by atoms with E-state index in [2.05, 4.69) is 10.9 Å². The molecule has 0 heterocycles. The van der Waals surface area contributed by atoms with Gasteiger partial charge in [0.1, 0.15) is 6.04 Å². The van der Waals surface area contributed by atoms with Gasteiger partial charge in [0.25, 0.3) is 0 Å². The number of urea groups is 1. The summed E-state index contributed by atoms with van der Waals surface area (Å²) in [7, 11) is 1.40. The van der Waals surface area contributed by atoms with Crippen LogP contribution in [-0.2, 0) is 4.79 Å². The van der Waals surface area contributed by atoms with Crippen LogP contribution in [0.4, 0.5) is 4.79 Å². The van der Waals surface area contributed by atoms with Crippen molar-refractivity contribution >= 4 is 18.2 Å². The molecule has 1 N–H and O–H groups in total. The van der Waals surface area contributed by atoms with Crippen molar-refractivity contribution in [3.05, 3.63) is 0 Å². The molecule has 16 heavy (non-hydrogen) atoms. The van der Waals surface area contributed by atoms with E-state index < -0.39 is 18.0 Å². The monoisotopic (exact) mass is 224 g/mol. The number of carbonyl (C=O) groups is 2. The molecule has 0 aromatic heterocycles. The highest BCUT2D eigenvalue weighted by Gasteiger charge is 2.26. The molecule has 0 unspecified atom stereocenters. The maximum absolute atomic E-state index is 11.4. The summed E-state index contributed by atoms with van der Waals surface area (Å²) in [5, 5.41) is 8.98. The van der Waals surface area contributed by atoms with Crippen molar-refractivity contribution in [2.75, 3.05) is 7.05 Å². The highest BCUT2D eigenvalue weighted by atomic mass is 16.4. The van der Waals surface area contributed by atoms with Gasteiger partial charge in [-0.3, -0.25) is 0 Å². The van der Waals surface area contributed by atoms with Gasteiger partial charge in [0, 0.05) is 7.05 Å². The van der Waals surface area contributed by atoms with E-state index in [4.69, 9.17) is 11.5 Å². The Hall–Kier alpha value is -1.83. The third-order valence-corrected chi connectivity index (χ3v) is 2.00. The Morgan fingerprint density at radius 3 is 2.50 bits per heavy atom. The Morgan fingerprint density at radius 1 is 1.56 bits per heavy atom. The number of carboxylic acids is 1. The van der Waals surface area contributed by atoms with Gasteiger partial charge >= 0.3 is 12.0 Å². The predicted molar refractivity (Wildman–Crippen MR) is 61.4 cm³/mol. The molecule has 0 bridgehead atoms. The molecule has 0 saturated heterocycles. The van der Waals surface area contributed by atoms with Gasteiger partial charge < -0.3 is 10.0 Å². The van der Waals surface area contributed by atoms with Crippen molar-refractivity contribution in [2.24, 2.45) is 10.9 Å². The van der Waals surface area contributed by atoms with Crippen LogP contribution >= 0.6 is 0 Å². The van der Waals surface area contributed by atoms with Gasteiger partial charge in [-0.2, -0.15) is 4.99 Å². The highest BCUT2D eigenvalue weighted by Crippen LogP contribution is 2.11. The number of carbonyl (C=O) groups excluding carboxylic acids is 1. The van der Waals surface area contributed by atoms with Gasteiger partial charge in [0.15, 0.2) is 0 Å². The van der Waals surface area contributed by atoms with Crippen LogP contribution in [-0.4, -0.2) is 41.3 Å². The molecule has 88 valence electrons. The van der Waals surface area contributed by atoms with Crippen LogP contribution in [0.1, 0.15) is 20.3 Å². The lowest BCUT2D eigenvalue weighted by Crippen LogP contribution is -2.42. The standard InChI is InChI=1S/C11H16N2O3/c1-5-6-12-11(16)13(4)9(10(14)15)7-8(2)3/h1,6,8-9H,7H2,2-4H3,(H,14,15)/t9-/m0/s1. The van der Waals surface area contributed by atoms with Crippen LogP contribution in [0.3, 0.4) is 0 Å². The molecule has 0 aliphatic heterocycles. The topological polar surface area (TPSA) is 70.0 Å². The molecule has 5 nitrogen and oxygen atoms in total. The smallest absolute Gasteiger partial charge is 0.344 e. The number of terminal acetylenes is 1. The lowest BCUT2D eigenvalue weighted by Gasteiger charge is -2.24. The molecule has 0 spiro atoms. The SMILES string of the molecule is C#CC=NC(=O)N(C)[C@@H](CC(C)C)C(=O)O. The van der Waals surface area contributed by atoms with Gasteiger partial charge in [-0.05, 0) is 12.3 Å². The molecular formula is C11H16N2O3. The molecule has 0 rings (SSSR count). The first-order chi connectivity index (χ1) is 7.40. The number of hydrogen-bond donors (Lipinski definition) is 1. The van der Waals surface area contributed by atoms with Crippen molar-refractivity contribution in [1.29, 1.82) is 0 Å². The molecule has 0 aliphatic carbocycles. The minimum absolute atomic E-state index is 0.174. The van der Waals surface area contributed by atoms with Crippen molar-refractivity contribution in [2.45, 2.75) is 26.3 Å². The van der Waals surface area contributed by atoms with Crippen LogP contribution in [0.25, 0.3) is 0 Å². The second-order valence-electron chi connectivity index (χ2n) is 3.80. The normalized spacial score (nSPS) is 12.4. The number of hydrogen-bond acceptors (Lipinski definition) is 2. The van der Waals surface area contributed by atoms with E-state index in [1.807, 2.05) is 13.8 Å². The molecule has 5 heteroatoms. The molecular weight excluding hydrogens is 208 g/mol. The Kier molecular flexibility index (Phi) is 5.86. The summed E-state index contributed by atoms with van der Waals surface area (Å²) in [4.78, 5) is 26.9. The maximum Gasteiger partial charge on any atom is 0.344 e. The number of rotatable bonds is 4. The van der Waals surface area contributed by atoms with Crippen LogP contribution in [0, 0.1) is 18.3 Å². The first-order valence-corrected chi connectivity index (χ1v) is 4.88. The Morgan fingerprint density at radius 2 is 2.12 bits per heavy atom. The highest BCUT2D eigenvalue weighted by molar-refractivity contribution is 5.92. The number of amides is 2. The number of carboxylic acid groups (broad SMARTS) is 1. The van der Waals surface area contributed by atoms with Crippen LogP contribution in [0.15, 0.2) is 4.99 Å².